The normalized spacial score (nSPS) is 18.6. The van der Waals surface area contributed by atoms with Crippen molar-refractivity contribution in [3.8, 4) is 5.75 Å². The standard InChI is InChI=1S/C22H26N2O5/c1-4-23(5-2)12-13-24-19(17-7-6-14-29-17)18(21(26)22(24)27)20(25)15-8-10-16(28-3)11-9-15/h6-11,14,19,25H,4-5,12-13H2,1-3H3/b20-18-/t19-/m0/s1. The summed E-state index contributed by atoms with van der Waals surface area (Å²) in [5.41, 5.74) is 0.471. The van der Waals surface area contributed by atoms with E-state index in [1.165, 1.54) is 11.2 Å². The number of carbonyl (C=O) groups is 2. The molecule has 0 aliphatic carbocycles. The van der Waals surface area contributed by atoms with Crippen molar-refractivity contribution in [2.75, 3.05) is 33.3 Å². The van der Waals surface area contributed by atoms with Gasteiger partial charge in [-0.05, 0) is 49.5 Å². The number of carbonyl (C=O) groups excluding carboxylic acids is 2. The number of methoxy groups -OCH3 is 1. The van der Waals surface area contributed by atoms with Crippen molar-refractivity contribution in [1.29, 1.82) is 0 Å². The highest BCUT2D eigenvalue weighted by atomic mass is 16.5. The first-order valence-corrected chi connectivity index (χ1v) is 9.70. The van der Waals surface area contributed by atoms with E-state index in [1.54, 1.807) is 43.5 Å². The first-order valence-electron chi connectivity index (χ1n) is 9.70. The van der Waals surface area contributed by atoms with Gasteiger partial charge in [0.1, 0.15) is 23.3 Å². The van der Waals surface area contributed by atoms with E-state index in [9.17, 15) is 14.7 Å². The molecule has 3 rings (SSSR count). The van der Waals surface area contributed by atoms with Gasteiger partial charge in [-0.2, -0.15) is 0 Å². The molecular formula is C22H26N2O5. The monoisotopic (exact) mass is 398 g/mol. The molecule has 0 saturated carbocycles. The molecule has 0 bridgehead atoms. The number of likely N-dealkylation sites (tertiary alicyclic amines) is 1. The molecule has 1 aromatic heterocycles. The molecule has 1 fully saturated rings. The molecule has 2 aromatic rings. The van der Waals surface area contributed by atoms with Gasteiger partial charge >= 0.3 is 0 Å². The third kappa shape index (κ3) is 4.05. The Bertz CT molecular complexity index is 882. The number of benzene rings is 1. The SMILES string of the molecule is CCN(CC)CCN1C(=O)C(=O)/C(=C(\O)c2ccc(OC)cc2)[C@@H]1c1ccco1. The number of ether oxygens (including phenoxy) is 1. The number of hydrogen-bond acceptors (Lipinski definition) is 6. The van der Waals surface area contributed by atoms with Crippen LogP contribution in [0.3, 0.4) is 0 Å². The molecule has 7 heteroatoms. The number of amides is 1. The number of Topliss-reactive ketones (excluding diaryl/α,β-unsaturated/α-hetero) is 1. The Labute approximate surface area is 170 Å². The highest BCUT2D eigenvalue weighted by Crippen LogP contribution is 2.39. The third-order valence-electron chi connectivity index (χ3n) is 5.27. The summed E-state index contributed by atoms with van der Waals surface area (Å²) < 4.78 is 10.7. The van der Waals surface area contributed by atoms with Gasteiger partial charge < -0.3 is 24.1 Å². The Hall–Kier alpha value is -3.06. The molecule has 0 radical (unpaired) electrons. The van der Waals surface area contributed by atoms with E-state index < -0.39 is 17.7 Å². The summed E-state index contributed by atoms with van der Waals surface area (Å²) in [5, 5.41) is 10.9. The average molecular weight is 398 g/mol. The highest BCUT2D eigenvalue weighted by Gasteiger charge is 2.47. The number of likely N-dealkylation sites (N-methyl/N-ethyl adjacent to an activating group) is 1. The van der Waals surface area contributed by atoms with Crippen molar-refractivity contribution in [1.82, 2.24) is 9.80 Å². The summed E-state index contributed by atoms with van der Waals surface area (Å²) in [4.78, 5) is 29.3. The number of ketones is 1. The van der Waals surface area contributed by atoms with Crippen molar-refractivity contribution < 1.29 is 23.8 Å². The number of aliphatic hydroxyl groups excluding tert-OH is 1. The molecule has 1 N–H and O–H groups in total. The average Bonchev–Trinajstić information content (AvgIpc) is 3.36. The maximum atomic E-state index is 12.9. The lowest BCUT2D eigenvalue weighted by Gasteiger charge is -2.26. The topological polar surface area (TPSA) is 83.2 Å². The zero-order valence-corrected chi connectivity index (χ0v) is 16.9. The summed E-state index contributed by atoms with van der Waals surface area (Å²) in [6, 6.07) is 9.33. The predicted molar refractivity (Wildman–Crippen MR) is 108 cm³/mol. The molecule has 1 saturated heterocycles. The van der Waals surface area contributed by atoms with Crippen molar-refractivity contribution in [2.45, 2.75) is 19.9 Å². The molecule has 0 spiro atoms. The Kier molecular flexibility index (Phi) is 6.39. The van der Waals surface area contributed by atoms with E-state index in [2.05, 4.69) is 4.90 Å². The van der Waals surface area contributed by atoms with Crippen molar-refractivity contribution in [3.05, 3.63) is 59.6 Å². The summed E-state index contributed by atoms with van der Waals surface area (Å²) in [5.74, 6) is -0.492. The molecular weight excluding hydrogens is 372 g/mol. The van der Waals surface area contributed by atoms with Crippen LogP contribution in [0.4, 0.5) is 0 Å². The minimum absolute atomic E-state index is 0.0367. The van der Waals surface area contributed by atoms with Crippen LogP contribution in [0.2, 0.25) is 0 Å². The van der Waals surface area contributed by atoms with Gasteiger partial charge in [0.15, 0.2) is 0 Å². The first kappa shape index (κ1) is 20.7. The Morgan fingerprint density at radius 1 is 1.17 bits per heavy atom. The lowest BCUT2D eigenvalue weighted by Crippen LogP contribution is -2.37. The molecule has 154 valence electrons. The lowest BCUT2D eigenvalue weighted by atomic mass is 9.99. The van der Waals surface area contributed by atoms with Crippen LogP contribution in [-0.4, -0.2) is 59.9 Å². The van der Waals surface area contributed by atoms with Crippen molar-refractivity contribution >= 4 is 17.4 Å². The van der Waals surface area contributed by atoms with Gasteiger partial charge in [0.2, 0.25) is 0 Å². The first-order chi connectivity index (χ1) is 14.0. The maximum Gasteiger partial charge on any atom is 0.295 e. The zero-order chi connectivity index (χ0) is 21.0. The second-order valence-electron chi connectivity index (χ2n) is 6.76. The van der Waals surface area contributed by atoms with E-state index in [-0.39, 0.29) is 11.3 Å². The Balaban J connectivity index is 2.02. The maximum absolute atomic E-state index is 12.9. The van der Waals surface area contributed by atoms with Crippen LogP contribution in [0.25, 0.3) is 5.76 Å². The van der Waals surface area contributed by atoms with Crippen molar-refractivity contribution in [2.24, 2.45) is 0 Å². The van der Waals surface area contributed by atoms with Gasteiger partial charge in [-0.15, -0.1) is 0 Å². The molecule has 1 amide bonds. The van der Waals surface area contributed by atoms with E-state index in [1.807, 2.05) is 13.8 Å². The molecule has 1 aliphatic rings. The summed E-state index contributed by atoms with van der Waals surface area (Å²) in [6.45, 7) is 6.77. The van der Waals surface area contributed by atoms with E-state index in [0.717, 1.165) is 13.1 Å². The number of aliphatic hydroxyl groups is 1. The molecule has 7 nitrogen and oxygen atoms in total. The molecule has 1 aromatic carbocycles. The van der Waals surface area contributed by atoms with Gasteiger partial charge in [0.25, 0.3) is 11.7 Å². The number of rotatable bonds is 8. The smallest absolute Gasteiger partial charge is 0.295 e. The van der Waals surface area contributed by atoms with Crippen LogP contribution in [0.1, 0.15) is 31.2 Å². The quantitative estimate of drug-likeness (QED) is 0.418. The van der Waals surface area contributed by atoms with Crippen LogP contribution >= 0.6 is 0 Å². The van der Waals surface area contributed by atoms with E-state index in [4.69, 9.17) is 9.15 Å². The van der Waals surface area contributed by atoms with Gasteiger partial charge in [-0.1, -0.05) is 13.8 Å². The second-order valence-corrected chi connectivity index (χ2v) is 6.76. The van der Waals surface area contributed by atoms with Crippen LogP contribution in [0, 0.1) is 0 Å². The fraction of sp³-hybridized carbons (Fsp3) is 0.364. The zero-order valence-electron chi connectivity index (χ0n) is 16.9. The fourth-order valence-corrected chi connectivity index (χ4v) is 3.55. The predicted octanol–water partition coefficient (Wildman–Crippen LogP) is 3.05. The number of hydrogen-bond donors (Lipinski definition) is 1. The lowest BCUT2D eigenvalue weighted by molar-refractivity contribution is -0.140. The Morgan fingerprint density at radius 3 is 2.41 bits per heavy atom. The van der Waals surface area contributed by atoms with Crippen LogP contribution in [-0.2, 0) is 9.59 Å². The van der Waals surface area contributed by atoms with Crippen LogP contribution in [0.15, 0.2) is 52.7 Å². The third-order valence-corrected chi connectivity index (χ3v) is 5.27. The Morgan fingerprint density at radius 2 is 1.86 bits per heavy atom. The summed E-state index contributed by atoms with van der Waals surface area (Å²) in [7, 11) is 1.55. The van der Waals surface area contributed by atoms with Crippen LogP contribution < -0.4 is 4.74 Å². The largest absolute Gasteiger partial charge is 0.507 e. The summed E-state index contributed by atoms with van der Waals surface area (Å²) >= 11 is 0. The fourth-order valence-electron chi connectivity index (χ4n) is 3.55. The summed E-state index contributed by atoms with van der Waals surface area (Å²) in [6.07, 6.45) is 1.49. The second kappa shape index (κ2) is 8.96. The molecule has 2 heterocycles. The van der Waals surface area contributed by atoms with Gasteiger partial charge in [-0.3, -0.25) is 9.59 Å². The molecule has 1 atom stereocenters. The van der Waals surface area contributed by atoms with E-state index >= 15 is 0 Å². The van der Waals surface area contributed by atoms with Crippen LogP contribution in [0.5, 0.6) is 5.75 Å². The van der Waals surface area contributed by atoms with Crippen molar-refractivity contribution in [3.63, 3.8) is 0 Å². The van der Waals surface area contributed by atoms with Gasteiger partial charge in [0, 0.05) is 18.7 Å². The van der Waals surface area contributed by atoms with Gasteiger partial charge in [-0.25, -0.2) is 0 Å². The number of furan rings is 1. The molecule has 29 heavy (non-hydrogen) atoms. The van der Waals surface area contributed by atoms with E-state index in [0.29, 0.717) is 30.2 Å². The number of nitrogens with zero attached hydrogens (tertiary/aromatic N) is 2. The molecule has 1 aliphatic heterocycles. The minimum Gasteiger partial charge on any atom is -0.507 e. The van der Waals surface area contributed by atoms with Gasteiger partial charge in [0.05, 0.1) is 18.9 Å². The minimum atomic E-state index is -0.761. The molecule has 0 unspecified atom stereocenters. The highest BCUT2D eigenvalue weighted by molar-refractivity contribution is 6.46.